The minimum absolute atomic E-state index is 0.285. The normalized spacial score (nSPS) is 12.0. The van der Waals surface area contributed by atoms with Crippen LogP contribution in [0.2, 0.25) is 0 Å². The Hall–Kier alpha value is -2.31. The molecule has 0 unspecified atom stereocenters. The van der Waals surface area contributed by atoms with E-state index in [4.69, 9.17) is 11.6 Å². The van der Waals surface area contributed by atoms with E-state index < -0.39 is 0 Å². The maximum Gasteiger partial charge on any atom is 0.142 e. The molecule has 0 saturated carbocycles. The molecule has 0 aliphatic rings. The van der Waals surface area contributed by atoms with Gasteiger partial charge < -0.3 is 4.90 Å². The first-order chi connectivity index (χ1) is 10.8. The van der Waals surface area contributed by atoms with Crippen LogP contribution < -0.4 is 4.90 Å². The van der Waals surface area contributed by atoms with Crippen LogP contribution in [0.1, 0.15) is 19.4 Å². The summed E-state index contributed by atoms with van der Waals surface area (Å²) in [4.78, 5) is 6.36. The second-order valence-corrected chi connectivity index (χ2v) is 5.36. The summed E-state index contributed by atoms with van der Waals surface area (Å²) in [5, 5.41) is 0.322. The number of aryl methyl sites for hydroxylation is 1. The summed E-state index contributed by atoms with van der Waals surface area (Å²) in [7, 11) is 1.83. The number of anilines is 1. The summed E-state index contributed by atoms with van der Waals surface area (Å²) in [5.41, 5.74) is 2.81. The van der Waals surface area contributed by atoms with Crippen LogP contribution in [0, 0.1) is 24.6 Å². The lowest BCUT2D eigenvalue weighted by Gasteiger charge is -2.24. The molecule has 0 bridgehead atoms. The highest BCUT2D eigenvalue weighted by Crippen LogP contribution is 2.28. The van der Waals surface area contributed by atoms with Crippen LogP contribution in [-0.2, 0) is 0 Å². The Kier molecular flexibility index (Phi) is 6.81. The van der Waals surface area contributed by atoms with Gasteiger partial charge in [-0.25, -0.2) is 9.38 Å². The Morgan fingerprint density at radius 3 is 2.57 bits per heavy atom. The summed E-state index contributed by atoms with van der Waals surface area (Å²) in [5.74, 6) is 5.97. The monoisotopic (exact) mass is 330 g/mol. The fourth-order valence-corrected chi connectivity index (χ4v) is 2.28. The number of benzene rings is 1. The van der Waals surface area contributed by atoms with E-state index in [1.54, 1.807) is 26.0 Å². The van der Waals surface area contributed by atoms with E-state index in [1.807, 2.05) is 18.9 Å². The molecular weight excluding hydrogens is 311 g/mol. The molecule has 2 nitrogen and oxygen atoms in total. The minimum Gasteiger partial charge on any atom is -0.329 e. The molecule has 0 atom stereocenters. The van der Waals surface area contributed by atoms with Crippen molar-refractivity contribution >= 4 is 23.0 Å². The second-order valence-electron chi connectivity index (χ2n) is 4.91. The smallest absolute Gasteiger partial charge is 0.142 e. The van der Waals surface area contributed by atoms with Crippen molar-refractivity contribution in [3.05, 3.63) is 65.2 Å². The van der Waals surface area contributed by atoms with Gasteiger partial charge in [0.05, 0.1) is 5.71 Å². The Balaban J connectivity index is 3.56. The zero-order valence-corrected chi connectivity index (χ0v) is 14.6. The molecule has 4 heteroatoms. The zero-order chi connectivity index (χ0) is 17.6. The van der Waals surface area contributed by atoms with Gasteiger partial charge in [0.15, 0.2) is 0 Å². The Labute approximate surface area is 142 Å². The first-order valence-corrected chi connectivity index (χ1v) is 7.39. The van der Waals surface area contributed by atoms with Gasteiger partial charge in [-0.05, 0) is 44.5 Å². The SMILES string of the molecule is C=C/C(C(=C)Cl)=C(/N=C(\C)C#CC)N(C)c1ccc(F)cc1C. The van der Waals surface area contributed by atoms with Crippen LogP contribution in [0.4, 0.5) is 10.1 Å². The average molecular weight is 331 g/mol. The maximum absolute atomic E-state index is 13.3. The van der Waals surface area contributed by atoms with Gasteiger partial charge in [-0.3, -0.25) is 0 Å². The third-order valence-electron chi connectivity index (χ3n) is 3.15. The van der Waals surface area contributed by atoms with Crippen LogP contribution >= 0.6 is 11.6 Å². The predicted molar refractivity (Wildman–Crippen MR) is 98.3 cm³/mol. The van der Waals surface area contributed by atoms with E-state index in [9.17, 15) is 4.39 Å². The number of hydrogen-bond donors (Lipinski definition) is 0. The van der Waals surface area contributed by atoms with E-state index in [0.29, 0.717) is 22.1 Å². The van der Waals surface area contributed by atoms with Crippen LogP contribution in [0.15, 0.2) is 58.9 Å². The van der Waals surface area contributed by atoms with Gasteiger partial charge in [-0.15, -0.1) is 5.92 Å². The maximum atomic E-state index is 13.3. The van der Waals surface area contributed by atoms with Gasteiger partial charge >= 0.3 is 0 Å². The van der Waals surface area contributed by atoms with Gasteiger partial charge in [0.2, 0.25) is 0 Å². The molecule has 0 aliphatic heterocycles. The van der Waals surface area contributed by atoms with Gasteiger partial charge in [0, 0.05) is 23.3 Å². The van der Waals surface area contributed by atoms with Crippen molar-refractivity contribution in [2.24, 2.45) is 4.99 Å². The number of allylic oxidation sites excluding steroid dienone is 3. The number of aliphatic imine (C=N–C) groups is 1. The van der Waals surface area contributed by atoms with Crippen molar-refractivity contribution < 1.29 is 4.39 Å². The lowest BCUT2D eigenvalue weighted by molar-refractivity contribution is 0.626. The highest BCUT2D eigenvalue weighted by molar-refractivity contribution is 6.32. The molecule has 0 fully saturated rings. The predicted octanol–water partition coefficient (Wildman–Crippen LogP) is 5.20. The Bertz CT molecular complexity index is 748. The Morgan fingerprint density at radius 2 is 2.09 bits per heavy atom. The molecule has 0 N–H and O–H groups in total. The Morgan fingerprint density at radius 1 is 1.43 bits per heavy atom. The van der Waals surface area contributed by atoms with E-state index in [-0.39, 0.29) is 5.82 Å². The lowest BCUT2D eigenvalue weighted by Crippen LogP contribution is -2.19. The van der Waals surface area contributed by atoms with Crippen molar-refractivity contribution in [1.29, 1.82) is 0 Å². The molecule has 0 aliphatic carbocycles. The molecule has 1 aromatic rings. The van der Waals surface area contributed by atoms with Crippen molar-refractivity contribution in [2.45, 2.75) is 20.8 Å². The van der Waals surface area contributed by atoms with Gasteiger partial charge in [0.1, 0.15) is 11.6 Å². The lowest BCUT2D eigenvalue weighted by atomic mass is 10.1. The van der Waals surface area contributed by atoms with Crippen molar-refractivity contribution in [3.8, 4) is 11.8 Å². The largest absolute Gasteiger partial charge is 0.329 e. The van der Waals surface area contributed by atoms with Gasteiger partial charge in [-0.2, -0.15) is 0 Å². The fourth-order valence-electron chi connectivity index (χ4n) is 2.12. The van der Waals surface area contributed by atoms with Crippen LogP contribution in [0.5, 0.6) is 0 Å². The number of hydrogen-bond acceptors (Lipinski definition) is 2. The fraction of sp³-hybridized carbons (Fsp3) is 0.211. The molecule has 0 amide bonds. The molecule has 0 heterocycles. The summed E-state index contributed by atoms with van der Waals surface area (Å²) in [6.45, 7) is 12.9. The highest BCUT2D eigenvalue weighted by atomic mass is 35.5. The summed E-state index contributed by atoms with van der Waals surface area (Å²) in [6, 6.07) is 4.57. The molecule has 0 spiro atoms. The van der Waals surface area contributed by atoms with E-state index in [1.165, 1.54) is 12.1 Å². The van der Waals surface area contributed by atoms with E-state index >= 15 is 0 Å². The summed E-state index contributed by atoms with van der Waals surface area (Å²) < 4.78 is 13.3. The van der Waals surface area contributed by atoms with Gasteiger partial charge in [0.25, 0.3) is 0 Å². The van der Waals surface area contributed by atoms with Crippen molar-refractivity contribution in [2.75, 3.05) is 11.9 Å². The van der Waals surface area contributed by atoms with Gasteiger partial charge in [-0.1, -0.05) is 36.8 Å². The number of nitrogens with zero attached hydrogens (tertiary/aromatic N) is 2. The third kappa shape index (κ3) is 4.84. The zero-order valence-electron chi connectivity index (χ0n) is 13.9. The van der Waals surface area contributed by atoms with Crippen LogP contribution in [0.3, 0.4) is 0 Å². The standard InChI is InChI=1S/C19H20ClFN2/c1-7-9-14(4)22-19(17(8-2)15(5)20)23(6)18-11-10-16(21)12-13(18)3/h8,10-12H,2,5H2,1,3-4,6H3/b19-17+,22-14+. The van der Waals surface area contributed by atoms with Crippen LogP contribution in [0.25, 0.3) is 0 Å². The highest BCUT2D eigenvalue weighted by Gasteiger charge is 2.15. The summed E-state index contributed by atoms with van der Waals surface area (Å²) >= 11 is 6.08. The first kappa shape index (κ1) is 18.7. The topological polar surface area (TPSA) is 15.6 Å². The van der Waals surface area contributed by atoms with Crippen LogP contribution in [-0.4, -0.2) is 12.8 Å². The molecule has 1 rings (SSSR count). The third-order valence-corrected chi connectivity index (χ3v) is 3.36. The molecule has 1 aromatic carbocycles. The first-order valence-electron chi connectivity index (χ1n) is 7.01. The molecular formula is C19H20ClFN2. The van der Waals surface area contributed by atoms with Crippen molar-refractivity contribution in [1.82, 2.24) is 0 Å². The molecule has 0 saturated heterocycles. The molecule has 0 aromatic heterocycles. The quantitative estimate of drug-likeness (QED) is 0.411. The molecule has 0 radical (unpaired) electrons. The number of rotatable bonds is 5. The van der Waals surface area contributed by atoms with E-state index in [2.05, 4.69) is 30.0 Å². The molecule has 120 valence electrons. The number of halogens is 2. The molecule has 23 heavy (non-hydrogen) atoms. The minimum atomic E-state index is -0.285. The van der Waals surface area contributed by atoms with Crippen molar-refractivity contribution in [3.63, 3.8) is 0 Å². The summed E-state index contributed by atoms with van der Waals surface area (Å²) in [6.07, 6.45) is 1.59. The average Bonchev–Trinajstić information content (AvgIpc) is 2.46. The van der Waals surface area contributed by atoms with E-state index in [0.717, 1.165) is 11.3 Å². The second kappa shape index (κ2) is 8.36.